The summed E-state index contributed by atoms with van der Waals surface area (Å²) in [5.41, 5.74) is 0. The van der Waals surface area contributed by atoms with Crippen LogP contribution >= 0.6 is 0 Å². The Labute approximate surface area is 54.8 Å². The van der Waals surface area contributed by atoms with Crippen molar-refractivity contribution in [2.75, 3.05) is 0 Å². The molecule has 0 aliphatic carbocycles. The van der Waals surface area contributed by atoms with Crippen LogP contribution < -0.4 is 0 Å². The Kier molecular flexibility index (Phi) is 117. The molecule has 1 nitrogen and oxygen atoms in total. The van der Waals surface area contributed by atoms with Gasteiger partial charge in [0.2, 0.25) is 0 Å². The quantitative estimate of drug-likeness (QED) is 0.397. The summed E-state index contributed by atoms with van der Waals surface area (Å²) >= 11 is 1.06. The zero-order chi connectivity index (χ0) is 2.00. The van der Waals surface area contributed by atoms with Gasteiger partial charge in [-0.1, -0.05) is 0 Å². The first-order chi connectivity index (χ1) is 1.00. The van der Waals surface area contributed by atoms with Crippen molar-refractivity contribution in [3.05, 3.63) is 0 Å². The minimum atomic E-state index is 0. The second kappa shape index (κ2) is 25.8. The standard InChI is InChI=1S/Al.Ni.O.V.3H. The predicted octanol–water partition coefficient (Wildman–Crippen LogP) is -1.31. The summed E-state index contributed by atoms with van der Waals surface area (Å²) in [5.74, 6) is 0. The molecule has 0 saturated heterocycles. The van der Waals surface area contributed by atoms with Gasteiger partial charge in [-0.05, 0) is 0 Å². The van der Waals surface area contributed by atoms with Gasteiger partial charge in [-0.3, -0.25) is 0 Å². The van der Waals surface area contributed by atoms with E-state index in [9.17, 15) is 0 Å². The van der Waals surface area contributed by atoms with E-state index in [2.05, 4.69) is 0 Å². The van der Waals surface area contributed by atoms with E-state index in [1.807, 2.05) is 0 Å². The SMILES string of the molecule is [AlH3].[Ni].[O]=[V]. The van der Waals surface area contributed by atoms with Crippen LogP contribution in [0.2, 0.25) is 0 Å². The molecule has 27 valence electrons. The van der Waals surface area contributed by atoms with Crippen LogP contribution in [0.25, 0.3) is 0 Å². The fourth-order valence-electron chi connectivity index (χ4n) is 0. The van der Waals surface area contributed by atoms with E-state index < -0.39 is 0 Å². The fourth-order valence-corrected chi connectivity index (χ4v) is 0. The minimum absolute atomic E-state index is 0. The van der Waals surface area contributed by atoms with Crippen LogP contribution in [0.4, 0.5) is 0 Å². The van der Waals surface area contributed by atoms with E-state index in [0.717, 1.165) is 17.4 Å². The molecule has 0 atom stereocenters. The molecule has 0 saturated carbocycles. The Morgan fingerprint density at radius 3 is 1.25 bits per heavy atom. The van der Waals surface area contributed by atoms with Crippen LogP contribution in [0.1, 0.15) is 0 Å². The van der Waals surface area contributed by atoms with Gasteiger partial charge < -0.3 is 0 Å². The maximum absolute atomic E-state index is 8.19. The van der Waals surface area contributed by atoms with E-state index in [-0.39, 0.29) is 33.9 Å². The summed E-state index contributed by atoms with van der Waals surface area (Å²) < 4.78 is 8.19. The Hall–Kier alpha value is 1.41. The van der Waals surface area contributed by atoms with Crippen LogP contribution in [0, 0.1) is 0 Å². The molecule has 0 aliphatic rings. The number of hydrogen-bond acceptors (Lipinski definition) is 1. The molecule has 0 spiro atoms. The first-order valence-corrected chi connectivity index (χ1v) is 0.753. The third-order valence-corrected chi connectivity index (χ3v) is 0. The molecular formula is H3AlNiOV. The molecule has 0 unspecified atom stereocenters. The van der Waals surface area contributed by atoms with Gasteiger partial charge in [0.05, 0.1) is 0 Å². The van der Waals surface area contributed by atoms with Crippen molar-refractivity contribution in [1.82, 2.24) is 0 Å². The van der Waals surface area contributed by atoms with E-state index in [1.165, 1.54) is 0 Å². The Morgan fingerprint density at radius 2 is 1.25 bits per heavy atom. The fraction of sp³-hybridized carbons (Fsp3) is 0. The van der Waals surface area contributed by atoms with Gasteiger partial charge in [0.25, 0.3) is 0 Å². The molecule has 0 aromatic heterocycles. The molecule has 0 bridgehead atoms. The Morgan fingerprint density at radius 1 is 1.25 bits per heavy atom. The molecule has 0 rings (SSSR count). The molecule has 0 aliphatic heterocycles. The average molecular weight is 156 g/mol. The Bertz CT molecular complexity index is 8.00. The van der Waals surface area contributed by atoms with Gasteiger partial charge in [-0.2, -0.15) is 0 Å². The van der Waals surface area contributed by atoms with Crippen LogP contribution in [0.15, 0.2) is 0 Å². The maximum atomic E-state index is 8.19. The third-order valence-electron chi connectivity index (χ3n) is 0. The summed E-state index contributed by atoms with van der Waals surface area (Å²) in [4.78, 5) is 0. The molecule has 0 aromatic carbocycles. The topological polar surface area (TPSA) is 17.1 Å². The molecule has 4 heavy (non-hydrogen) atoms. The normalized spacial score (nSPS) is 0.750. The van der Waals surface area contributed by atoms with Crippen LogP contribution in [0.5, 0.6) is 0 Å². The number of hydrogen-bond donors (Lipinski definition) is 0. The van der Waals surface area contributed by atoms with Crippen molar-refractivity contribution in [3.8, 4) is 0 Å². The van der Waals surface area contributed by atoms with Crippen LogP contribution in [-0.4, -0.2) is 17.4 Å². The Balaban J connectivity index is -0.00000000500. The molecule has 0 radical (unpaired) electrons. The molecule has 0 fully saturated rings. The van der Waals surface area contributed by atoms with Crippen LogP contribution in [-0.2, 0) is 37.5 Å². The second-order valence-corrected chi connectivity index (χ2v) is 0. The van der Waals surface area contributed by atoms with Crippen LogP contribution in [0.3, 0.4) is 0 Å². The number of rotatable bonds is 0. The monoisotopic (exact) mass is 155 g/mol. The summed E-state index contributed by atoms with van der Waals surface area (Å²) in [7, 11) is 0. The van der Waals surface area contributed by atoms with Gasteiger partial charge in [0.15, 0.2) is 17.4 Å². The summed E-state index contributed by atoms with van der Waals surface area (Å²) in [6.45, 7) is 0. The van der Waals surface area contributed by atoms with Gasteiger partial charge in [0, 0.05) is 16.5 Å². The molecule has 0 heterocycles. The molecule has 4 heteroatoms. The van der Waals surface area contributed by atoms with E-state index in [1.54, 1.807) is 0 Å². The molecule has 0 N–H and O–H groups in total. The van der Waals surface area contributed by atoms with Crippen molar-refractivity contribution in [1.29, 1.82) is 0 Å². The zero-order valence-electron chi connectivity index (χ0n) is 1.17. The van der Waals surface area contributed by atoms with Crippen molar-refractivity contribution in [3.63, 3.8) is 0 Å². The first-order valence-electron chi connectivity index (χ1n) is 0.183. The second-order valence-electron chi connectivity index (χ2n) is 0. The van der Waals surface area contributed by atoms with Crippen molar-refractivity contribution in [2.45, 2.75) is 0 Å². The van der Waals surface area contributed by atoms with Crippen molar-refractivity contribution < 1.29 is 37.5 Å². The zero-order valence-corrected chi connectivity index (χ0v) is 3.56. The van der Waals surface area contributed by atoms with Crippen molar-refractivity contribution >= 4 is 17.4 Å². The van der Waals surface area contributed by atoms with Gasteiger partial charge in [0.1, 0.15) is 0 Å². The molecular weight excluding hydrogens is 153 g/mol. The van der Waals surface area contributed by atoms with Gasteiger partial charge in [-0.25, -0.2) is 0 Å². The van der Waals surface area contributed by atoms with E-state index in [4.69, 9.17) is 3.67 Å². The predicted molar refractivity (Wildman–Crippen MR) is 10.6 cm³/mol. The van der Waals surface area contributed by atoms with E-state index in [0.29, 0.717) is 0 Å². The average Bonchev–Trinajstić information content (AvgIpc) is 1.00. The first kappa shape index (κ1) is 18.1. The van der Waals surface area contributed by atoms with Gasteiger partial charge >= 0.3 is 21.0 Å². The van der Waals surface area contributed by atoms with Crippen molar-refractivity contribution in [2.24, 2.45) is 0 Å². The molecule has 0 amide bonds. The summed E-state index contributed by atoms with van der Waals surface area (Å²) in [6, 6.07) is 0. The summed E-state index contributed by atoms with van der Waals surface area (Å²) in [6.07, 6.45) is 0. The van der Waals surface area contributed by atoms with Gasteiger partial charge in [-0.15, -0.1) is 0 Å². The van der Waals surface area contributed by atoms with E-state index >= 15 is 0 Å². The summed E-state index contributed by atoms with van der Waals surface area (Å²) in [5, 5.41) is 0. The third kappa shape index (κ3) is 9.96. The molecule has 0 aromatic rings.